The van der Waals surface area contributed by atoms with Gasteiger partial charge in [-0.05, 0) is 24.5 Å². The van der Waals surface area contributed by atoms with E-state index in [2.05, 4.69) is 13.8 Å². The Hall–Kier alpha value is -1.42. The van der Waals surface area contributed by atoms with Gasteiger partial charge in [0.05, 0.1) is 5.69 Å². The molecule has 0 radical (unpaired) electrons. The molecule has 0 aromatic heterocycles. The average molecular weight is 264 g/mol. The summed E-state index contributed by atoms with van der Waals surface area (Å²) in [6.07, 6.45) is 1.43. The Morgan fingerprint density at radius 3 is 2.56 bits per heavy atom. The molecule has 98 valence electrons. The first kappa shape index (κ1) is 14.6. The molecule has 0 aliphatic carbocycles. The average Bonchev–Trinajstić information content (AvgIpc) is 2.34. The van der Waals surface area contributed by atoms with E-state index in [1.54, 1.807) is 11.9 Å². The summed E-state index contributed by atoms with van der Waals surface area (Å²) in [5.74, 6) is 0.612. The maximum Gasteiger partial charge on any atom is 0.226 e. The number of nitrogens with two attached hydrogens (primary N) is 1. The largest absolute Gasteiger partial charge is 0.389 e. The molecule has 0 atom stereocenters. The maximum absolute atomic E-state index is 12.1. The minimum absolute atomic E-state index is 0.0902. The number of hydrogen-bond donors (Lipinski definition) is 1. The number of carbonyl (C=O) groups is 1. The molecule has 0 saturated heterocycles. The number of thiocarbonyl (C=S) groups is 1. The van der Waals surface area contributed by atoms with Crippen LogP contribution >= 0.6 is 12.2 Å². The van der Waals surface area contributed by atoms with E-state index in [1.165, 1.54) is 0 Å². The van der Waals surface area contributed by atoms with Gasteiger partial charge in [0, 0.05) is 19.0 Å². The third-order valence-corrected chi connectivity index (χ3v) is 3.06. The highest BCUT2D eigenvalue weighted by atomic mass is 32.1. The number of amides is 1. The molecule has 4 heteroatoms. The molecule has 1 amide bonds. The van der Waals surface area contributed by atoms with Crippen LogP contribution in [0, 0.1) is 5.92 Å². The van der Waals surface area contributed by atoms with Crippen molar-refractivity contribution < 1.29 is 4.79 Å². The Bertz CT molecular complexity index is 443. The second kappa shape index (κ2) is 6.50. The third kappa shape index (κ3) is 3.81. The lowest BCUT2D eigenvalue weighted by atomic mass is 10.1. The summed E-state index contributed by atoms with van der Waals surface area (Å²) in [7, 11) is 1.76. The van der Waals surface area contributed by atoms with Crippen LogP contribution in [0.25, 0.3) is 0 Å². The normalized spacial score (nSPS) is 10.4. The molecule has 1 aromatic carbocycles. The van der Waals surface area contributed by atoms with E-state index in [-0.39, 0.29) is 5.91 Å². The van der Waals surface area contributed by atoms with Gasteiger partial charge in [0.25, 0.3) is 0 Å². The molecule has 2 N–H and O–H groups in total. The fourth-order valence-electron chi connectivity index (χ4n) is 1.69. The molecule has 0 aliphatic heterocycles. The van der Waals surface area contributed by atoms with Gasteiger partial charge in [0.1, 0.15) is 4.99 Å². The first-order valence-corrected chi connectivity index (χ1v) is 6.49. The molecule has 0 fully saturated rings. The fraction of sp³-hybridized carbons (Fsp3) is 0.429. The molecule has 0 bridgehead atoms. The minimum Gasteiger partial charge on any atom is -0.389 e. The van der Waals surface area contributed by atoms with Crippen LogP contribution in [0.4, 0.5) is 5.69 Å². The Kier molecular flexibility index (Phi) is 5.28. The standard InChI is InChI=1S/C14H20N2OS/c1-10(2)8-9-13(17)16(3)12-7-5-4-6-11(12)14(15)18/h4-7,10H,8-9H2,1-3H3,(H2,15,18). The lowest BCUT2D eigenvalue weighted by molar-refractivity contribution is -0.118. The summed E-state index contributed by atoms with van der Waals surface area (Å²) in [5, 5.41) is 0. The number of anilines is 1. The molecular weight excluding hydrogens is 244 g/mol. The topological polar surface area (TPSA) is 46.3 Å². The zero-order valence-corrected chi connectivity index (χ0v) is 12.0. The van der Waals surface area contributed by atoms with Crippen molar-refractivity contribution in [3.8, 4) is 0 Å². The summed E-state index contributed by atoms with van der Waals surface area (Å²) in [4.78, 5) is 14.0. The molecule has 0 heterocycles. The monoisotopic (exact) mass is 264 g/mol. The van der Waals surface area contributed by atoms with Gasteiger partial charge in [-0.3, -0.25) is 4.79 Å². The number of benzene rings is 1. The van der Waals surface area contributed by atoms with Crippen molar-refractivity contribution in [2.45, 2.75) is 26.7 Å². The molecule has 0 unspecified atom stereocenters. The van der Waals surface area contributed by atoms with Crippen LogP contribution in [-0.2, 0) is 4.79 Å². The maximum atomic E-state index is 12.1. The van der Waals surface area contributed by atoms with Gasteiger partial charge in [-0.15, -0.1) is 0 Å². The molecule has 0 aliphatic rings. The van der Waals surface area contributed by atoms with E-state index < -0.39 is 0 Å². The predicted molar refractivity (Wildman–Crippen MR) is 79.8 cm³/mol. The van der Waals surface area contributed by atoms with Crippen LogP contribution in [0.3, 0.4) is 0 Å². The third-order valence-electron chi connectivity index (χ3n) is 2.84. The lowest BCUT2D eigenvalue weighted by Gasteiger charge is -2.20. The lowest BCUT2D eigenvalue weighted by Crippen LogP contribution is -2.28. The van der Waals surface area contributed by atoms with Crippen molar-refractivity contribution in [2.75, 3.05) is 11.9 Å². The summed E-state index contributed by atoms with van der Waals surface area (Å²) in [6.45, 7) is 4.21. The highest BCUT2D eigenvalue weighted by molar-refractivity contribution is 7.80. The van der Waals surface area contributed by atoms with E-state index in [0.29, 0.717) is 17.3 Å². The van der Waals surface area contributed by atoms with Crippen molar-refractivity contribution in [3.05, 3.63) is 29.8 Å². The Morgan fingerprint density at radius 1 is 1.39 bits per heavy atom. The van der Waals surface area contributed by atoms with Gasteiger partial charge >= 0.3 is 0 Å². The second-order valence-electron chi connectivity index (χ2n) is 4.77. The van der Waals surface area contributed by atoms with Gasteiger partial charge in [-0.1, -0.05) is 38.2 Å². The molecule has 1 aromatic rings. The highest BCUT2D eigenvalue weighted by Gasteiger charge is 2.15. The highest BCUT2D eigenvalue weighted by Crippen LogP contribution is 2.20. The van der Waals surface area contributed by atoms with Gasteiger partial charge in [-0.2, -0.15) is 0 Å². The van der Waals surface area contributed by atoms with Gasteiger partial charge in [-0.25, -0.2) is 0 Å². The van der Waals surface area contributed by atoms with Crippen molar-refractivity contribution >= 4 is 28.8 Å². The van der Waals surface area contributed by atoms with Crippen molar-refractivity contribution in [2.24, 2.45) is 11.7 Å². The minimum atomic E-state index is 0.0902. The number of rotatable bonds is 5. The van der Waals surface area contributed by atoms with Crippen LogP contribution in [-0.4, -0.2) is 17.9 Å². The molecule has 0 spiro atoms. The summed E-state index contributed by atoms with van der Waals surface area (Å²) >= 11 is 5.00. The summed E-state index contributed by atoms with van der Waals surface area (Å²) in [5.41, 5.74) is 7.19. The van der Waals surface area contributed by atoms with E-state index in [0.717, 1.165) is 17.7 Å². The van der Waals surface area contributed by atoms with Crippen LogP contribution in [0.5, 0.6) is 0 Å². The number of carbonyl (C=O) groups excluding carboxylic acids is 1. The zero-order chi connectivity index (χ0) is 13.7. The number of hydrogen-bond acceptors (Lipinski definition) is 2. The summed E-state index contributed by atoms with van der Waals surface area (Å²) in [6, 6.07) is 7.44. The molecule has 0 saturated carbocycles. The van der Waals surface area contributed by atoms with Gasteiger partial charge in [0.2, 0.25) is 5.91 Å². The van der Waals surface area contributed by atoms with Crippen molar-refractivity contribution in [3.63, 3.8) is 0 Å². The van der Waals surface area contributed by atoms with Crippen LogP contribution in [0.15, 0.2) is 24.3 Å². The Balaban J connectivity index is 2.86. The fourth-order valence-corrected chi connectivity index (χ4v) is 1.86. The van der Waals surface area contributed by atoms with Crippen molar-refractivity contribution in [1.29, 1.82) is 0 Å². The van der Waals surface area contributed by atoms with Crippen LogP contribution in [0.2, 0.25) is 0 Å². The predicted octanol–water partition coefficient (Wildman–Crippen LogP) is 2.72. The van der Waals surface area contributed by atoms with E-state index in [1.807, 2.05) is 24.3 Å². The first-order chi connectivity index (χ1) is 8.43. The zero-order valence-electron chi connectivity index (χ0n) is 11.1. The van der Waals surface area contributed by atoms with Crippen LogP contribution < -0.4 is 10.6 Å². The van der Waals surface area contributed by atoms with Crippen molar-refractivity contribution in [1.82, 2.24) is 0 Å². The van der Waals surface area contributed by atoms with E-state index in [4.69, 9.17) is 18.0 Å². The number of para-hydroxylation sites is 1. The molecular formula is C14H20N2OS. The first-order valence-electron chi connectivity index (χ1n) is 6.09. The SMILES string of the molecule is CC(C)CCC(=O)N(C)c1ccccc1C(N)=S. The van der Waals surface area contributed by atoms with E-state index in [9.17, 15) is 4.79 Å². The smallest absolute Gasteiger partial charge is 0.226 e. The Morgan fingerprint density at radius 2 is 2.00 bits per heavy atom. The Labute approximate surface area is 114 Å². The molecule has 3 nitrogen and oxygen atoms in total. The van der Waals surface area contributed by atoms with E-state index >= 15 is 0 Å². The summed E-state index contributed by atoms with van der Waals surface area (Å²) < 4.78 is 0. The van der Waals surface area contributed by atoms with Crippen LogP contribution in [0.1, 0.15) is 32.3 Å². The quantitative estimate of drug-likeness (QED) is 0.832. The second-order valence-corrected chi connectivity index (χ2v) is 5.21. The number of nitrogens with zero attached hydrogens (tertiary/aromatic N) is 1. The molecule has 1 rings (SSSR count). The van der Waals surface area contributed by atoms with Gasteiger partial charge in [0.15, 0.2) is 0 Å². The van der Waals surface area contributed by atoms with Gasteiger partial charge < -0.3 is 10.6 Å². The molecule has 18 heavy (non-hydrogen) atoms.